The summed E-state index contributed by atoms with van der Waals surface area (Å²) in [5, 5.41) is 0. The number of aromatic amines is 1. The average molecular weight is 242 g/mol. The van der Waals surface area contributed by atoms with E-state index in [1.165, 1.54) is 6.07 Å². The number of nitrogens with zero attached hydrogens (tertiary/aromatic N) is 1. The fourth-order valence-corrected chi connectivity index (χ4v) is 2.01. The third kappa shape index (κ3) is 1.87. The summed E-state index contributed by atoms with van der Waals surface area (Å²) < 4.78 is 28.7. The molecular formula is C11H12F2N2S. The number of hydrogen-bond acceptors (Lipinski definition) is 1. The smallest absolute Gasteiger partial charge is 0.178 e. The number of nitrogens with one attached hydrogen (secondary N) is 1. The lowest BCUT2D eigenvalue weighted by Gasteiger charge is -2.02. The third-order valence-corrected chi connectivity index (χ3v) is 2.86. The first-order chi connectivity index (χ1) is 7.63. The van der Waals surface area contributed by atoms with Crippen molar-refractivity contribution in [2.75, 3.05) is 0 Å². The van der Waals surface area contributed by atoms with Crippen molar-refractivity contribution in [2.24, 2.45) is 0 Å². The second-order valence-electron chi connectivity index (χ2n) is 3.72. The molecule has 0 spiro atoms. The molecule has 5 heteroatoms. The monoisotopic (exact) mass is 242 g/mol. The van der Waals surface area contributed by atoms with Crippen LogP contribution < -0.4 is 0 Å². The van der Waals surface area contributed by atoms with Crippen molar-refractivity contribution in [2.45, 2.75) is 26.3 Å². The molecule has 0 bridgehead atoms. The van der Waals surface area contributed by atoms with Crippen molar-refractivity contribution in [3.05, 3.63) is 28.5 Å². The molecule has 2 nitrogen and oxygen atoms in total. The summed E-state index contributed by atoms with van der Waals surface area (Å²) in [7, 11) is 0. The molecule has 0 atom stereocenters. The van der Waals surface area contributed by atoms with Gasteiger partial charge in [-0.25, -0.2) is 8.78 Å². The van der Waals surface area contributed by atoms with Crippen molar-refractivity contribution >= 4 is 23.3 Å². The van der Waals surface area contributed by atoms with Gasteiger partial charge in [-0.2, -0.15) is 0 Å². The van der Waals surface area contributed by atoms with Gasteiger partial charge in [0, 0.05) is 12.6 Å². The zero-order chi connectivity index (χ0) is 11.7. The first-order valence-corrected chi connectivity index (χ1v) is 5.62. The zero-order valence-corrected chi connectivity index (χ0v) is 9.70. The van der Waals surface area contributed by atoms with E-state index in [-0.39, 0.29) is 5.52 Å². The third-order valence-electron chi connectivity index (χ3n) is 2.54. The number of unbranched alkanes of at least 4 members (excludes halogenated alkanes) is 1. The molecule has 0 amide bonds. The van der Waals surface area contributed by atoms with Gasteiger partial charge in [-0.05, 0) is 24.7 Å². The fraction of sp³-hybridized carbons (Fsp3) is 0.364. The van der Waals surface area contributed by atoms with E-state index in [1.54, 1.807) is 4.57 Å². The normalized spacial score (nSPS) is 11.2. The van der Waals surface area contributed by atoms with E-state index in [4.69, 9.17) is 12.2 Å². The summed E-state index contributed by atoms with van der Waals surface area (Å²) in [6.45, 7) is 2.73. The number of aromatic nitrogens is 2. The van der Waals surface area contributed by atoms with Crippen LogP contribution in [0.1, 0.15) is 19.8 Å². The number of aryl methyl sites for hydroxylation is 1. The molecule has 0 saturated heterocycles. The first kappa shape index (κ1) is 11.3. The van der Waals surface area contributed by atoms with Crippen LogP contribution in [0.4, 0.5) is 8.78 Å². The van der Waals surface area contributed by atoms with Crippen LogP contribution in [0, 0.1) is 16.4 Å². The Balaban J connectivity index is 2.64. The molecule has 0 aliphatic rings. The molecule has 1 N–H and O–H groups in total. The highest BCUT2D eigenvalue weighted by Crippen LogP contribution is 2.19. The van der Waals surface area contributed by atoms with Crippen LogP contribution >= 0.6 is 12.2 Å². The summed E-state index contributed by atoms with van der Waals surface area (Å²) in [6.07, 6.45) is 1.94. The van der Waals surface area contributed by atoms with E-state index in [1.807, 2.05) is 0 Å². The van der Waals surface area contributed by atoms with Crippen LogP contribution in [0.5, 0.6) is 0 Å². The van der Waals surface area contributed by atoms with E-state index < -0.39 is 11.6 Å². The van der Waals surface area contributed by atoms with Gasteiger partial charge in [0.25, 0.3) is 0 Å². The molecule has 0 unspecified atom stereocenters. The Hall–Kier alpha value is -1.23. The van der Waals surface area contributed by atoms with Crippen LogP contribution in [0.25, 0.3) is 11.0 Å². The maximum Gasteiger partial charge on any atom is 0.178 e. The minimum atomic E-state index is -0.601. The topological polar surface area (TPSA) is 20.7 Å². The SMILES string of the molecule is CCCCn1c(=S)[nH]c2c(F)cc(F)cc21. The van der Waals surface area contributed by atoms with Gasteiger partial charge >= 0.3 is 0 Å². The number of benzene rings is 1. The van der Waals surface area contributed by atoms with Crippen LogP contribution in [0.15, 0.2) is 12.1 Å². The maximum atomic E-state index is 13.4. The second-order valence-corrected chi connectivity index (χ2v) is 4.10. The van der Waals surface area contributed by atoms with Gasteiger partial charge in [-0.3, -0.25) is 0 Å². The highest BCUT2D eigenvalue weighted by molar-refractivity contribution is 7.71. The van der Waals surface area contributed by atoms with Crippen LogP contribution in [0.2, 0.25) is 0 Å². The van der Waals surface area contributed by atoms with Crippen LogP contribution in [-0.2, 0) is 6.54 Å². The van der Waals surface area contributed by atoms with Gasteiger partial charge in [0.15, 0.2) is 10.6 Å². The molecule has 0 fully saturated rings. The summed E-state index contributed by atoms with van der Waals surface area (Å²) >= 11 is 5.09. The molecule has 1 heterocycles. The van der Waals surface area contributed by atoms with Crippen molar-refractivity contribution in [3.63, 3.8) is 0 Å². The molecule has 1 aromatic heterocycles. The number of fused-ring (bicyclic) bond motifs is 1. The molecule has 2 rings (SSSR count). The number of hydrogen-bond donors (Lipinski definition) is 1. The van der Waals surface area contributed by atoms with Crippen LogP contribution in [-0.4, -0.2) is 9.55 Å². The zero-order valence-electron chi connectivity index (χ0n) is 8.89. The summed E-state index contributed by atoms with van der Waals surface area (Å²) in [6, 6.07) is 2.16. The molecule has 0 saturated carbocycles. The number of imidazole rings is 1. The Kier molecular flexibility index (Phi) is 3.05. The lowest BCUT2D eigenvalue weighted by Crippen LogP contribution is -1.97. The quantitative estimate of drug-likeness (QED) is 0.812. The van der Waals surface area contributed by atoms with Crippen molar-refractivity contribution in [1.29, 1.82) is 0 Å². The summed E-state index contributed by atoms with van der Waals surface area (Å²) in [5.74, 6) is -1.18. The minimum absolute atomic E-state index is 0.280. The standard InChI is InChI=1S/C11H12F2N2S/c1-2-3-4-15-9-6-7(12)5-8(13)10(9)14-11(15)16/h5-6H,2-4H2,1H3,(H,14,16). The summed E-state index contributed by atoms with van der Waals surface area (Å²) in [5.41, 5.74) is 0.776. The van der Waals surface area contributed by atoms with Crippen molar-refractivity contribution in [3.8, 4) is 0 Å². The van der Waals surface area contributed by atoms with Gasteiger partial charge in [0.1, 0.15) is 11.3 Å². The molecule has 0 radical (unpaired) electrons. The highest BCUT2D eigenvalue weighted by atomic mass is 32.1. The highest BCUT2D eigenvalue weighted by Gasteiger charge is 2.10. The largest absolute Gasteiger partial charge is 0.328 e. The molecule has 16 heavy (non-hydrogen) atoms. The Labute approximate surface area is 96.9 Å². The van der Waals surface area contributed by atoms with Gasteiger partial charge in [-0.1, -0.05) is 13.3 Å². The molecule has 1 aromatic carbocycles. The van der Waals surface area contributed by atoms with E-state index in [2.05, 4.69) is 11.9 Å². The Bertz CT molecular complexity index is 571. The lowest BCUT2D eigenvalue weighted by atomic mass is 10.3. The average Bonchev–Trinajstić information content (AvgIpc) is 2.53. The molecule has 0 aliphatic carbocycles. The molecular weight excluding hydrogens is 230 g/mol. The molecule has 0 aliphatic heterocycles. The van der Waals surface area contributed by atoms with Gasteiger partial charge < -0.3 is 9.55 Å². The van der Waals surface area contributed by atoms with Gasteiger partial charge in [0.05, 0.1) is 5.52 Å². The van der Waals surface area contributed by atoms with E-state index in [0.29, 0.717) is 16.8 Å². The number of H-pyrrole nitrogens is 1. The van der Waals surface area contributed by atoms with E-state index >= 15 is 0 Å². The fourth-order valence-electron chi connectivity index (χ4n) is 1.72. The van der Waals surface area contributed by atoms with Gasteiger partial charge in [0.2, 0.25) is 0 Å². The van der Waals surface area contributed by atoms with E-state index in [9.17, 15) is 8.78 Å². The van der Waals surface area contributed by atoms with E-state index in [0.717, 1.165) is 18.9 Å². The second kappa shape index (κ2) is 4.33. The Morgan fingerprint density at radius 3 is 2.81 bits per heavy atom. The molecule has 86 valence electrons. The molecule has 2 aromatic rings. The Morgan fingerprint density at radius 1 is 1.38 bits per heavy atom. The number of rotatable bonds is 3. The van der Waals surface area contributed by atoms with Crippen LogP contribution in [0.3, 0.4) is 0 Å². The predicted octanol–water partition coefficient (Wildman–Crippen LogP) is 3.78. The maximum absolute atomic E-state index is 13.4. The van der Waals surface area contributed by atoms with Gasteiger partial charge in [-0.15, -0.1) is 0 Å². The Morgan fingerprint density at radius 2 is 2.12 bits per heavy atom. The summed E-state index contributed by atoms with van der Waals surface area (Å²) in [4.78, 5) is 2.77. The van der Waals surface area contributed by atoms with Crippen molar-refractivity contribution in [1.82, 2.24) is 9.55 Å². The predicted molar refractivity (Wildman–Crippen MR) is 61.9 cm³/mol. The number of halogens is 2. The minimum Gasteiger partial charge on any atom is -0.328 e. The lowest BCUT2D eigenvalue weighted by molar-refractivity contribution is 0.588. The van der Waals surface area contributed by atoms with Crippen molar-refractivity contribution < 1.29 is 8.78 Å². The first-order valence-electron chi connectivity index (χ1n) is 5.21.